The fourth-order valence-corrected chi connectivity index (χ4v) is 0.722. The Morgan fingerprint density at radius 1 is 1.75 bits per heavy atom. The second kappa shape index (κ2) is 3.66. The molecule has 12 heavy (non-hydrogen) atoms. The van der Waals surface area contributed by atoms with Crippen molar-refractivity contribution < 1.29 is 4.79 Å². The van der Waals surface area contributed by atoms with E-state index in [1.807, 2.05) is 0 Å². The molecule has 0 fully saturated rings. The molecule has 0 atom stereocenters. The van der Waals surface area contributed by atoms with E-state index in [2.05, 4.69) is 15.6 Å². The fraction of sp³-hybridized carbons (Fsp3) is 0.286. The number of hydrogen-bond donors (Lipinski definition) is 1. The van der Waals surface area contributed by atoms with E-state index < -0.39 is 0 Å². The van der Waals surface area contributed by atoms with Gasteiger partial charge in [0.05, 0.1) is 6.20 Å². The summed E-state index contributed by atoms with van der Waals surface area (Å²) in [6.07, 6.45) is 4.59. The van der Waals surface area contributed by atoms with E-state index in [-0.39, 0.29) is 5.91 Å². The van der Waals surface area contributed by atoms with Gasteiger partial charge in [0, 0.05) is 7.05 Å². The molecule has 1 N–H and O–H groups in total. The third-order valence-corrected chi connectivity index (χ3v) is 1.28. The van der Waals surface area contributed by atoms with Crippen LogP contribution in [0.5, 0.6) is 0 Å². The van der Waals surface area contributed by atoms with Crippen molar-refractivity contribution in [1.82, 2.24) is 15.0 Å². The summed E-state index contributed by atoms with van der Waals surface area (Å²) in [5.41, 5.74) is 0. The van der Waals surface area contributed by atoms with E-state index in [0.717, 1.165) is 0 Å². The second-order valence-electron chi connectivity index (χ2n) is 2.23. The number of carbonyl (C=O) groups excluding carboxylic acids is 1. The Morgan fingerprint density at radius 2 is 2.50 bits per heavy atom. The van der Waals surface area contributed by atoms with E-state index in [0.29, 0.717) is 5.82 Å². The van der Waals surface area contributed by atoms with Gasteiger partial charge in [0.15, 0.2) is 5.82 Å². The predicted octanol–water partition coefficient (Wildman–Crippen LogP) is 0.330. The molecule has 0 radical (unpaired) electrons. The van der Waals surface area contributed by atoms with Crippen molar-refractivity contribution in [3.63, 3.8) is 0 Å². The Labute approximate surface area is 70.1 Å². The number of nitrogens with zero attached hydrogens (tertiary/aromatic N) is 3. The van der Waals surface area contributed by atoms with Gasteiger partial charge in [-0.15, -0.1) is 5.10 Å². The standard InChI is InChI=1S/C7H10N4O/c1-3-4-7(12)9-6-5-8-10-11(6)2/h3-5H,1-2H3,(H,9,12). The topological polar surface area (TPSA) is 59.8 Å². The first-order chi connectivity index (χ1) is 5.74. The van der Waals surface area contributed by atoms with Crippen LogP contribution in [0, 0.1) is 0 Å². The number of aryl methyl sites for hydroxylation is 1. The first-order valence-corrected chi connectivity index (χ1v) is 3.52. The lowest BCUT2D eigenvalue weighted by Gasteiger charge is -1.98. The molecule has 1 rings (SSSR count). The lowest BCUT2D eigenvalue weighted by atomic mass is 10.5. The van der Waals surface area contributed by atoms with Crippen LogP contribution in [-0.2, 0) is 11.8 Å². The number of allylic oxidation sites excluding steroid dienone is 1. The van der Waals surface area contributed by atoms with Crippen molar-refractivity contribution in [2.24, 2.45) is 7.05 Å². The van der Waals surface area contributed by atoms with Gasteiger partial charge in [-0.2, -0.15) is 0 Å². The number of anilines is 1. The van der Waals surface area contributed by atoms with Crippen molar-refractivity contribution >= 4 is 11.7 Å². The van der Waals surface area contributed by atoms with Gasteiger partial charge in [0.25, 0.3) is 0 Å². The maximum atomic E-state index is 11.0. The van der Waals surface area contributed by atoms with Crippen molar-refractivity contribution in [1.29, 1.82) is 0 Å². The highest BCUT2D eigenvalue weighted by Gasteiger charge is 2.00. The SMILES string of the molecule is CC=CC(=O)Nc1cnnn1C. The van der Waals surface area contributed by atoms with Crippen LogP contribution in [0.25, 0.3) is 0 Å². The van der Waals surface area contributed by atoms with Crippen LogP contribution in [0.4, 0.5) is 5.82 Å². The lowest BCUT2D eigenvalue weighted by Crippen LogP contribution is -2.11. The Morgan fingerprint density at radius 3 is 3.00 bits per heavy atom. The molecule has 0 aliphatic carbocycles. The van der Waals surface area contributed by atoms with Gasteiger partial charge in [-0.05, 0) is 13.0 Å². The summed E-state index contributed by atoms with van der Waals surface area (Å²) in [7, 11) is 1.71. The molecule has 64 valence electrons. The molecule has 1 heterocycles. The summed E-state index contributed by atoms with van der Waals surface area (Å²) in [5, 5.41) is 9.87. The summed E-state index contributed by atoms with van der Waals surface area (Å²) in [5.74, 6) is 0.404. The molecule has 0 aliphatic heterocycles. The summed E-state index contributed by atoms with van der Waals surface area (Å²) < 4.78 is 1.49. The molecule has 0 spiro atoms. The van der Waals surface area contributed by atoms with Gasteiger partial charge in [-0.1, -0.05) is 11.3 Å². The van der Waals surface area contributed by atoms with Crippen LogP contribution in [0.2, 0.25) is 0 Å². The number of hydrogen-bond acceptors (Lipinski definition) is 3. The van der Waals surface area contributed by atoms with Gasteiger partial charge in [-0.25, -0.2) is 4.68 Å². The molecular formula is C7H10N4O. The van der Waals surface area contributed by atoms with Gasteiger partial charge >= 0.3 is 0 Å². The molecule has 0 aliphatic rings. The highest BCUT2D eigenvalue weighted by molar-refractivity contribution is 5.98. The number of nitrogens with one attached hydrogen (secondary N) is 1. The third-order valence-electron chi connectivity index (χ3n) is 1.28. The van der Waals surface area contributed by atoms with Gasteiger partial charge < -0.3 is 5.32 Å². The van der Waals surface area contributed by atoms with Crippen molar-refractivity contribution in [3.8, 4) is 0 Å². The average molecular weight is 166 g/mol. The summed E-state index contributed by atoms with van der Waals surface area (Å²) >= 11 is 0. The van der Waals surface area contributed by atoms with Crippen LogP contribution in [0.15, 0.2) is 18.3 Å². The molecule has 5 heteroatoms. The second-order valence-corrected chi connectivity index (χ2v) is 2.23. The third kappa shape index (κ3) is 1.91. The summed E-state index contributed by atoms with van der Waals surface area (Å²) in [4.78, 5) is 11.0. The van der Waals surface area contributed by atoms with E-state index >= 15 is 0 Å². The van der Waals surface area contributed by atoms with Crippen LogP contribution in [0.1, 0.15) is 6.92 Å². The molecule has 1 amide bonds. The Kier molecular flexibility index (Phi) is 2.57. The van der Waals surface area contributed by atoms with E-state index in [1.54, 1.807) is 20.0 Å². The Balaban J connectivity index is 2.64. The maximum Gasteiger partial charge on any atom is 0.249 e. The molecule has 1 aromatic rings. The van der Waals surface area contributed by atoms with E-state index in [1.165, 1.54) is 17.0 Å². The minimum absolute atomic E-state index is 0.178. The first kappa shape index (κ1) is 8.45. The zero-order valence-corrected chi connectivity index (χ0v) is 6.98. The van der Waals surface area contributed by atoms with Crippen molar-refractivity contribution in [3.05, 3.63) is 18.3 Å². The van der Waals surface area contributed by atoms with Gasteiger partial charge in [-0.3, -0.25) is 4.79 Å². The molecule has 0 unspecified atom stereocenters. The molecule has 0 bridgehead atoms. The van der Waals surface area contributed by atoms with E-state index in [4.69, 9.17) is 0 Å². The quantitative estimate of drug-likeness (QED) is 0.644. The minimum atomic E-state index is -0.178. The van der Waals surface area contributed by atoms with Gasteiger partial charge in [0.1, 0.15) is 0 Å². The molecule has 0 saturated carbocycles. The van der Waals surface area contributed by atoms with Gasteiger partial charge in [0.2, 0.25) is 5.91 Å². The highest BCUT2D eigenvalue weighted by Crippen LogP contribution is 1.99. The lowest BCUT2D eigenvalue weighted by molar-refractivity contribution is -0.111. The monoisotopic (exact) mass is 166 g/mol. The fourth-order valence-electron chi connectivity index (χ4n) is 0.722. The molecule has 0 saturated heterocycles. The van der Waals surface area contributed by atoms with Crippen molar-refractivity contribution in [2.75, 3.05) is 5.32 Å². The average Bonchev–Trinajstić information content (AvgIpc) is 2.37. The van der Waals surface area contributed by atoms with Crippen LogP contribution < -0.4 is 5.32 Å². The molecule has 0 aromatic carbocycles. The smallest absolute Gasteiger partial charge is 0.249 e. The maximum absolute atomic E-state index is 11.0. The number of rotatable bonds is 2. The Bertz CT molecular complexity index is 302. The van der Waals surface area contributed by atoms with Crippen LogP contribution >= 0.6 is 0 Å². The molecule has 5 nitrogen and oxygen atoms in total. The first-order valence-electron chi connectivity index (χ1n) is 3.52. The predicted molar refractivity (Wildman–Crippen MR) is 44.4 cm³/mol. The normalized spacial score (nSPS) is 10.5. The Hall–Kier alpha value is -1.65. The number of amides is 1. The van der Waals surface area contributed by atoms with Crippen LogP contribution in [0.3, 0.4) is 0 Å². The zero-order chi connectivity index (χ0) is 8.97. The number of aromatic nitrogens is 3. The summed E-state index contributed by atoms with van der Waals surface area (Å²) in [6.45, 7) is 1.78. The largest absolute Gasteiger partial charge is 0.306 e. The molecule has 1 aromatic heterocycles. The molecular weight excluding hydrogens is 156 g/mol. The summed E-state index contributed by atoms with van der Waals surface area (Å²) in [6, 6.07) is 0. The zero-order valence-electron chi connectivity index (χ0n) is 6.98. The van der Waals surface area contributed by atoms with E-state index in [9.17, 15) is 4.79 Å². The van der Waals surface area contributed by atoms with Crippen molar-refractivity contribution in [2.45, 2.75) is 6.92 Å². The minimum Gasteiger partial charge on any atom is -0.306 e. The highest BCUT2D eigenvalue weighted by atomic mass is 16.1. The number of carbonyl (C=O) groups is 1. The van der Waals surface area contributed by atoms with Crippen LogP contribution in [-0.4, -0.2) is 20.9 Å².